The first-order valence-corrected chi connectivity index (χ1v) is 8.57. The zero-order chi connectivity index (χ0) is 14.8. The summed E-state index contributed by atoms with van der Waals surface area (Å²) in [6.07, 6.45) is 1.31. The molecule has 1 unspecified atom stereocenters. The summed E-state index contributed by atoms with van der Waals surface area (Å²) >= 11 is 0. The average molecular weight is 299 g/mol. The fraction of sp³-hybridized carbons (Fsp3) is 0.571. The number of methoxy groups -OCH3 is 1. The van der Waals surface area contributed by atoms with Crippen molar-refractivity contribution in [3.63, 3.8) is 0 Å². The van der Waals surface area contributed by atoms with E-state index in [9.17, 15) is 13.5 Å². The lowest BCUT2D eigenvalue weighted by molar-refractivity contribution is 0.370. The third kappa shape index (κ3) is 3.64. The summed E-state index contributed by atoms with van der Waals surface area (Å²) in [4.78, 5) is 0. The van der Waals surface area contributed by atoms with Gasteiger partial charge in [-0.2, -0.15) is 0 Å². The molecule has 6 heteroatoms. The highest BCUT2D eigenvalue weighted by Crippen LogP contribution is 2.29. The number of phenolic OH excluding ortho intramolecular Hbond substituents is 1. The zero-order valence-electron chi connectivity index (χ0n) is 11.8. The molecule has 0 aliphatic carbocycles. The summed E-state index contributed by atoms with van der Waals surface area (Å²) in [5.74, 6) is 1.08. The number of rotatable bonds is 4. The van der Waals surface area contributed by atoms with Gasteiger partial charge in [-0.1, -0.05) is 6.07 Å². The Bertz CT molecular complexity index is 557. The molecule has 1 aromatic rings. The molecule has 0 spiro atoms. The van der Waals surface area contributed by atoms with Gasteiger partial charge in [-0.15, -0.1) is 0 Å². The minimum Gasteiger partial charge on any atom is -0.504 e. The zero-order valence-corrected chi connectivity index (χ0v) is 12.6. The van der Waals surface area contributed by atoms with Crippen LogP contribution in [0, 0.1) is 0 Å². The summed E-state index contributed by atoms with van der Waals surface area (Å²) in [7, 11) is -1.31. The smallest absolute Gasteiger partial charge is 0.160 e. The van der Waals surface area contributed by atoms with Gasteiger partial charge in [0.15, 0.2) is 11.5 Å². The van der Waals surface area contributed by atoms with Gasteiger partial charge >= 0.3 is 0 Å². The SMILES string of the molecule is COc1cc(C(C)NC2CCS(=O)(=O)CC2)ccc1O. The van der Waals surface area contributed by atoms with Crippen LogP contribution < -0.4 is 10.1 Å². The van der Waals surface area contributed by atoms with E-state index in [1.165, 1.54) is 7.11 Å². The predicted octanol–water partition coefficient (Wildman–Crippen LogP) is 1.63. The molecular formula is C14H21NO4S. The van der Waals surface area contributed by atoms with Crippen molar-refractivity contribution in [2.24, 2.45) is 0 Å². The second-order valence-corrected chi connectivity index (χ2v) is 7.55. The van der Waals surface area contributed by atoms with E-state index in [0.717, 1.165) is 5.56 Å². The Labute approximate surface area is 119 Å². The molecule has 1 saturated heterocycles. The first-order valence-electron chi connectivity index (χ1n) is 6.74. The molecule has 2 rings (SSSR count). The Morgan fingerprint density at radius 1 is 1.35 bits per heavy atom. The summed E-state index contributed by atoms with van der Waals surface area (Å²) in [6.45, 7) is 2.02. The molecule has 0 saturated carbocycles. The molecule has 5 nitrogen and oxygen atoms in total. The van der Waals surface area contributed by atoms with Gasteiger partial charge in [0.2, 0.25) is 0 Å². The molecule has 0 radical (unpaired) electrons. The van der Waals surface area contributed by atoms with E-state index in [2.05, 4.69) is 5.32 Å². The lowest BCUT2D eigenvalue weighted by atomic mass is 10.0. The fourth-order valence-electron chi connectivity index (χ4n) is 2.47. The van der Waals surface area contributed by atoms with E-state index in [-0.39, 0.29) is 29.3 Å². The predicted molar refractivity (Wildman–Crippen MR) is 77.9 cm³/mol. The van der Waals surface area contributed by atoms with Crippen LogP contribution in [0.5, 0.6) is 11.5 Å². The number of aromatic hydroxyl groups is 1. The monoisotopic (exact) mass is 299 g/mol. The van der Waals surface area contributed by atoms with Gasteiger partial charge in [-0.25, -0.2) is 8.42 Å². The maximum absolute atomic E-state index is 11.4. The van der Waals surface area contributed by atoms with Crippen LogP contribution in [0.15, 0.2) is 18.2 Å². The van der Waals surface area contributed by atoms with Crippen molar-refractivity contribution in [2.75, 3.05) is 18.6 Å². The third-order valence-electron chi connectivity index (χ3n) is 3.74. The Balaban J connectivity index is 2.00. The van der Waals surface area contributed by atoms with Crippen LogP contribution >= 0.6 is 0 Å². The number of hydrogen-bond donors (Lipinski definition) is 2. The van der Waals surface area contributed by atoms with Crippen molar-refractivity contribution in [1.82, 2.24) is 5.32 Å². The van der Waals surface area contributed by atoms with Gasteiger partial charge in [0, 0.05) is 12.1 Å². The van der Waals surface area contributed by atoms with E-state index >= 15 is 0 Å². The summed E-state index contributed by atoms with van der Waals surface area (Å²) < 4.78 is 27.9. The first-order chi connectivity index (χ1) is 9.41. The van der Waals surface area contributed by atoms with Gasteiger partial charge in [0.1, 0.15) is 9.84 Å². The van der Waals surface area contributed by atoms with Crippen LogP contribution in [0.25, 0.3) is 0 Å². The number of nitrogens with one attached hydrogen (secondary N) is 1. The lowest BCUT2D eigenvalue weighted by Gasteiger charge is -2.27. The van der Waals surface area contributed by atoms with Crippen molar-refractivity contribution < 1.29 is 18.3 Å². The van der Waals surface area contributed by atoms with E-state index in [1.54, 1.807) is 12.1 Å². The van der Waals surface area contributed by atoms with Gasteiger partial charge in [0.05, 0.1) is 18.6 Å². The molecule has 1 fully saturated rings. The molecule has 1 aliphatic rings. The number of benzene rings is 1. The highest BCUT2D eigenvalue weighted by atomic mass is 32.2. The van der Waals surface area contributed by atoms with E-state index < -0.39 is 9.84 Å². The van der Waals surface area contributed by atoms with E-state index in [0.29, 0.717) is 18.6 Å². The highest BCUT2D eigenvalue weighted by Gasteiger charge is 2.24. The summed E-state index contributed by atoms with van der Waals surface area (Å²) in [5.41, 5.74) is 1.01. The maximum Gasteiger partial charge on any atom is 0.160 e. The lowest BCUT2D eigenvalue weighted by Crippen LogP contribution is -2.38. The molecule has 20 heavy (non-hydrogen) atoms. The Morgan fingerprint density at radius 2 is 2.00 bits per heavy atom. The molecule has 0 amide bonds. The maximum atomic E-state index is 11.4. The fourth-order valence-corrected chi connectivity index (χ4v) is 3.96. The molecule has 112 valence electrons. The summed E-state index contributed by atoms with van der Waals surface area (Å²) in [6, 6.07) is 5.54. The van der Waals surface area contributed by atoms with Gasteiger partial charge in [0.25, 0.3) is 0 Å². The molecule has 1 heterocycles. The van der Waals surface area contributed by atoms with Crippen LogP contribution in [0.3, 0.4) is 0 Å². The third-order valence-corrected chi connectivity index (χ3v) is 5.46. The minimum absolute atomic E-state index is 0.0790. The van der Waals surface area contributed by atoms with Gasteiger partial charge in [-0.3, -0.25) is 0 Å². The van der Waals surface area contributed by atoms with Gasteiger partial charge in [-0.05, 0) is 37.5 Å². The van der Waals surface area contributed by atoms with Crippen molar-refractivity contribution in [3.05, 3.63) is 23.8 Å². The second kappa shape index (κ2) is 6.01. The van der Waals surface area contributed by atoms with Gasteiger partial charge < -0.3 is 15.2 Å². The van der Waals surface area contributed by atoms with Crippen molar-refractivity contribution in [3.8, 4) is 11.5 Å². The van der Waals surface area contributed by atoms with E-state index in [4.69, 9.17) is 4.74 Å². The van der Waals surface area contributed by atoms with Crippen LogP contribution in [-0.2, 0) is 9.84 Å². The molecule has 1 aromatic carbocycles. The Kier molecular flexibility index (Phi) is 4.55. The standard InChI is InChI=1S/C14H21NO4S/c1-10(11-3-4-13(16)14(9-11)19-2)15-12-5-7-20(17,18)8-6-12/h3-4,9-10,12,15-16H,5-8H2,1-2H3. The first kappa shape index (κ1) is 15.1. The molecule has 1 atom stereocenters. The number of phenols is 1. The van der Waals surface area contributed by atoms with Crippen LogP contribution in [0.4, 0.5) is 0 Å². The highest BCUT2D eigenvalue weighted by molar-refractivity contribution is 7.91. The topological polar surface area (TPSA) is 75.6 Å². The van der Waals surface area contributed by atoms with Crippen LogP contribution in [-0.4, -0.2) is 38.2 Å². The van der Waals surface area contributed by atoms with Crippen LogP contribution in [0.1, 0.15) is 31.4 Å². The van der Waals surface area contributed by atoms with E-state index in [1.807, 2.05) is 13.0 Å². The summed E-state index contributed by atoms with van der Waals surface area (Å²) in [5, 5.41) is 13.0. The number of ether oxygens (including phenoxy) is 1. The quantitative estimate of drug-likeness (QED) is 0.884. The molecular weight excluding hydrogens is 278 g/mol. The normalized spacial score (nSPS) is 20.5. The average Bonchev–Trinajstić information content (AvgIpc) is 2.41. The van der Waals surface area contributed by atoms with Crippen LogP contribution in [0.2, 0.25) is 0 Å². The van der Waals surface area contributed by atoms with Crippen molar-refractivity contribution in [1.29, 1.82) is 0 Å². The molecule has 0 aromatic heterocycles. The number of hydrogen-bond acceptors (Lipinski definition) is 5. The molecule has 1 aliphatic heterocycles. The minimum atomic E-state index is -2.83. The Hall–Kier alpha value is -1.27. The van der Waals surface area contributed by atoms with Crippen molar-refractivity contribution in [2.45, 2.75) is 31.8 Å². The number of sulfone groups is 1. The Morgan fingerprint density at radius 3 is 2.60 bits per heavy atom. The molecule has 0 bridgehead atoms. The largest absolute Gasteiger partial charge is 0.504 e. The molecule has 2 N–H and O–H groups in total. The second-order valence-electron chi connectivity index (χ2n) is 5.25. The van der Waals surface area contributed by atoms with Crippen molar-refractivity contribution >= 4 is 9.84 Å².